The molecule has 0 aliphatic rings. The van der Waals surface area contributed by atoms with Crippen molar-refractivity contribution in [1.29, 1.82) is 0 Å². The van der Waals surface area contributed by atoms with Crippen LogP contribution in [0.4, 0.5) is 0 Å². The molecule has 9 heteroatoms. The lowest BCUT2D eigenvalue weighted by Crippen LogP contribution is -2.38. The van der Waals surface area contributed by atoms with Crippen LogP contribution in [0.3, 0.4) is 0 Å². The Morgan fingerprint density at radius 1 is 1.53 bits per heavy atom. The van der Waals surface area contributed by atoms with E-state index >= 15 is 0 Å². The number of carbonyl (C=O) groups is 1. The first-order valence-electron chi connectivity index (χ1n) is 5.65. The third-order valence-corrected chi connectivity index (χ3v) is 5.96. The summed E-state index contributed by atoms with van der Waals surface area (Å²) in [5, 5.41) is 2.62. The second kappa shape index (κ2) is 6.65. The van der Waals surface area contributed by atoms with E-state index in [4.69, 9.17) is 11.6 Å². The van der Waals surface area contributed by atoms with Gasteiger partial charge in [0.1, 0.15) is 0 Å². The lowest BCUT2D eigenvalue weighted by molar-refractivity contribution is -0.121. The number of halogens is 1. The van der Waals surface area contributed by atoms with E-state index in [1.54, 1.807) is 6.92 Å². The van der Waals surface area contributed by atoms with Crippen molar-refractivity contribution in [1.82, 2.24) is 14.6 Å². The van der Waals surface area contributed by atoms with Crippen molar-refractivity contribution in [2.75, 3.05) is 20.1 Å². The van der Waals surface area contributed by atoms with E-state index in [-0.39, 0.29) is 21.1 Å². The van der Waals surface area contributed by atoms with E-state index < -0.39 is 10.0 Å². The number of hydrogen-bond acceptors (Lipinski definition) is 5. The molecule has 0 atom stereocenters. The highest BCUT2D eigenvalue weighted by molar-refractivity contribution is 7.91. The lowest BCUT2D eigenvalue weighted by atomic mass is 10.4. The van der Waals surface area contributed by atoms with E-state index in [0.717, 1.165) is 22.1 Å². The molecule has 0 unspecified atom stereocenters. The number of hydrogen-bond donors (Lipinski definition) is 1. The summed E-state index contributed by atoms with van der Waals surface area (Å²) in [5.74, 6) is -0.332. The van der Waals surface area contributed by atoms with Gasteiger partial charge in [-0.3, -0.25) is 4.79 Å². The van der Waals surface area contributed by atoms with Crippen LogP contribution in [0.1, 0.15) is 19.0 Å². The Bertz CT molecular complexity index is 556. The zero-order valence-electron chi connectivity index (χ0n) is 10.9. The summed E-state index contributed by atoms with van der Waals surface area (Å²) in [4.78, 5) is 15.4. The molecular formula is C10H16ClN3O3S2. The molecule has 0 spiro atoms. The van der Waals surface area contributed by atoms with Crippen LogP contribution in [0.5, 0.6) is 0 Å². The maximum atomic E-state index is 12.2. The van der Waals surface area contributed by atoms with Crippen molar-refractivity contribution >= 4 is 38.9 Å². The molecule has 1 amide bonds. The van der Waals surface area contributed by atoms with E-state index in [1.165, 1.54) is 7.05 Å². The summed E-state index contributed by atoms with van der Waals surface area (Å²) < 4.78 is 25.7. The molecule has 1 rings (SSSR count). The molecule has 1 N–H and O–H groups in total. The fraction of sp³-hybridized carbons (Fsp3) is 0.600. The molecule has 0 saturated heterocycles. The number of sulfonamides is 1. The molecule has 1 heterocycles. The van der Waals surface area contributed by atoms with Gasteiger partial charge in [0.15, 0.2) is 8.68 Å². The van der Waals surface area contributed by atoms with Crippen molar-refractivity contribution in [3.63, 3.8) is 0 Å². The molecule has 0 aliphatic heterocycles. The molecule has 6 nitrogen and oxygen atoms in total. The van der Waals surface area contributed by atoms with E-state index in [9.17, 15) is 13.2 Å². The summed E-state index contributed by atoms with van der Waals surface area (Å²) >= 11 is 6.58. The number of rotatable bonds is 6. The van der Waals surface area contributed by atoms with Crippen LogP contribution in [0.2, 0.25) is 4.47 Å². The van der Waals surface area contributed by atoms with Crippen molar-refractivity contribution in [2.24, 2.45) is 0 Å². The summed E-state index contributed by atoms with van der Waals surface area (Å²) in [6.45, 7) is 3.79. The predicted molar refractivity (Wildman–Crippen MR) is 75.0 cm³/mol. The van der Waals surface area contributed by atoms with Gasteiger partial charge in [0.05, 0.1) is 12.2 Å². The molecular weight excluding hydrogens is 310 g/mol. The molecule has 0 saturated carbocycles. The summed E-state index contributed by atoms with van der Waals surface area (Å²) in [5.41, 5.74) is 0.343. The van der Waals surface area contributed by atoms with E-state index in [1.807, 2.05) is 6.92 Å². The van der Waals surface area contributed by atoms with Gasteiger partial charge in [0.2, 0.25) is 5.91 Å². The van der Waals surface area contributed by atoms with Crippen molar-refractivity contribution in [2.45, 2.75) is 24.5 Å². The first-order valence-corrected chi connectivity index (χ1v) is 8.28. The van der Waals surface area contributed by atoms with E-state index in [2.05, 4.69) is 10.3 Å². The third-order valence-electron chi connectivity index (χ3n) is 2.31. The van der Waals surface area contributed by atoms with Crippen molar-refractivity contribution in [3.8, 4) is 0 Å². The number of carbonyl (C=O) groups excluding carboxylic acids is 1. The Morgan fingerprint density at radius 3 is 2.63 bits per heavy atom. The van der Waals surface area contributed by atoms with Crippen LogP contribution >= 0.6 is 22.9 Å². The average Bonchev–Trinajstić information content (AvgIpc) is 2.66. The zero-order valence-corrected chi connectivity index (χ0v) is 13.3. The van der Waals surface area contributed by atoms with Crippen LogP contribution in [-0.2, 0) is 14.8 Å². The minimum Gasteiger partial charge on any atom is -0.355 e. The second-order valence-corrected chi connectivity index (χ2v) is 7.77. The van der Waals surface area contributed by atoms with Crippen molar-refractivity contribution < 1.29 is 13.2 Å². The SMILES string of the molecule is CCCNC(=O)CN(C)S(=O)(=O)c1sc(Cl)nc1C. The quantitative estimate of drug-likeness (QED) is 0.853. The minimum atomic E-state index is -3.72. The highest BCUT2D eigenvalue weighted by Gasteiger charge is 2.27. The standard InChI is InChI=1S/C10H16ClN3O3S2/c1-4-5-12-8(15)6-14(3)19(16,17)9-7(2)13-10(11)18-9/h4-6H2,1-3H3,(H,12,15). The van der Waals surface area contributed by atoms with Gasteiger partial charge in [-0.05, 0) is 13.3 Å². The van der Waals surface area contributed by atoms with E-state index in [0.29, 0.717) is 12.2 Å². The van der Waals surface area contributed by atoms with Crippen LogP contribution in [0.15, 0.2) is 4.21 Å². The highest BCUT2D eigenvalue weighted by atomic mass is 35.5. The number of likely N-dealkylation sites (N-methyl/N-ethyl adjacent to an activating group) is 1. The average molecular weight is 326 g/mol. The monoisotopic (exact) mass is 325 g/mol. The van der Waals surface area contributed by atoms with Gasteiger partial charge in [-0.15, -0.1) is 0 Å². The molecule has 1 aromatic rings. The first-order chi connectivity index (χ1) is 8.78. The lowest BCUT2D eigenvalue weighted by Gasteiger charge is -2.15. The highest BCUT2D eigenvalue weighted by Crippen LogP contribution is 2.28. The molecule has 0 fully saturated rings. The van der Waals surface area contributed by atoms with Crippen LogP contribution in [0.25, 0.3) is 0 Å². The maximum Gasteiger partial charge on any atom is 0.254 e. The Kier molecular flexibility index (Phi) is 5.72. The Labute approximate surface area is 121 Å². The van der Waals surface area contributed by atoms with Gasteiger partial charge in [-0.25, -0.2) is 13.4 Å². The summed E-state index contributed by atoms with van der Waals surface area (Å²) in [6, 6.07) is 0. The zero-order chi connectivity index (χ0) is 14.6. The van der Waals surface area contributed by atoms with Gasteiger partial charge >= 0.3 is 0 Å². The molecule has 19 heavy (non-hydrogen) atoms. The van der Waals surface area contributed by atoms with Crippen LogP contribution in [0, 0.1) is 6.92 Å². The fourth-order valence-electron chi connectivity index (χ4n) is 1.34. The smallest absolute Gasteiger partial charge is 0.254 e. The number of aryl methyl sites for hydroxylation is 1. The third kappa shape index (κ3) is 4.13. The minimum absolute atomic E-state index is 0.0725. The number of thiazole rings is 1. The normalized spacial score (nSPS) is 11.8. The Balaban J connectivity index is 2.83. The topological polar surface area (TPSA) is 79.4 Å². The molecule has 1 aromatic heterocycles. The maximum absolute atomic E-state index is 12.2. The Hall–Kier alpha value is -0.700. The molecule has 0 aromatic carbocycles. The van der Waals surface area contributed by atoms with Gasteiger partial charge in [0, 0.05) is 13.6 Å². The van der Waals surface area contributed by atoms with Gasteiger partial charge in [-0.1, -0.05) is 29.9 Å². The number of aromatic nitrogens is 1. The fourth-order valence-corrected chi connectivity index (χ4v) is 4.39. The first kappa shape index (κ1) is 16.4. The Morgan fingerprint density at radius 2 is 2.16 bits per heavy atom. The molecule has 0 bridgehead atoms. The molecule has 0 radical (unpaired) electrons. The number of nitrogens with zero attached hydrogens (tertiary/aromatic N) is 2. The van der Waals surface area contributed by atoms with Crippen LogP contribution in [-0.4, -0.2) is 43.8 Å². The van der Waals surface area contributed by atoms with Gasteiger partial charge < -0.3 is 5.32 Å². The number of nitrogens with one attached hydrogen (secondary N) is 1. The van der Waals surface area contributed by atoms with Crippen LogP contribution < -0.4 is 5.32 Å². The summed E-state index contributed by atoms with van der Waals surface area (Å²) in [6.07, 6.45) is 0.797. The van der Waals surface area contributed by atoms with Crippen molar-refractivity contribution in [3.05, 3.63) is 10.2 Å². The number of amides is 1. The van der Waals surface area contributed by atoms with Gasteiger partial charge in [-0.2, -0.15) is 4.31 Å². The predicted octanol–water partition coefficient (Wildman–Crippen LogP) is 1.25. The summed E-state index contributed by atoms with van der Waals surface area (Å²) in [7, 11) is -2.37. The molecule has 0 aliphatic carbocycles. The largest absolute Gasteiger partial charge is 0.355 e. The second-order valence-electron chi connectivity index (χ2n) is 3.95. The molecule has 108 valence electrons. The van der Waals surface area contributed by atoms with Gasteiger partial charge in [0.25, 0.3) is 10.0 Å².